The van der Waals surface area contributed by atoms with Gasteiger partial charge >= 0.3 is 0 Å². The Labute approximate surface area is 200 Å². The topological polar surface area (TPSA) is 67.1 Å². The molecule has 162 valence electrons. The third-order valence-corrected chi connectivity index (χ3v) is 5.16. The average Bonchev–Trinajstić information content (AvgIpc) is 3.06. The average molecular weight is 551 g/mol. The van der Waals surface area contributed by atoms with Gasteiger partial charge in [-0.3, -0.25) is 4.99 Å². The van der Waals surface area contributed by atoms with Gasteiger partial charge in [-0.1, -0.05) is 49.3 Å². The number of halogens is 2. The summed E-state index contributed by atoms with van der Waals surface area (Å²) in [7, 11) is 1.79. The fraction of sp³-hybridized carbons (Fsp3) is 0.550. The highest BCUT2D eigenvalue weighted by molar-refractivity contribution is 14.0. The van der Waals surface area contributed by atoms with Crippen LogP contribution in [0.5, 0.6) is 0 Å². The number of benzene rings is 1. The molecule has 2 rings (SSSR count). The Morgan fingerprint density at radius 3 is 2.45 bits per heavy atom. The summed E-state index contributed by atoms with van der Waals surface area (Å²) in [4.78, 5) is 4.29. The van der Waals surface area contributed by atoms with Crippen molar-refractivity contribution in [2.45, 2.75) is 44.8 Å². The number of rotatable bonds is 10. The van der Waals surface area contributed by atoms with E-state index >= 15 is 0 Å². The number of thioether (sulfide) groups is 1. The van der Waals surface area contributed by atoms with Gasteiger partial charge in [-0.2, -0.15) is 0 Å². The van der Waals surface area contributed by atoms with Crippen LogP contribution >= 0.6 is 47.3 Å². The minimum Gasteiger partial charge on any atom is -0.356 e. The zero-order chi connectivity index (χ0) is 20.4. The molecule has 0 saturated carbocycles. The van der Waals surface area contributed by atoms with Gasteiger partial charge in [0, 0.05) is 38.1 Å². The Hall–Kier alpha value is -1.000. The number of nitrogens with one attached hydrogen (secondary N) is 2. The number of nitrogens with zero attached hydrogens (tertiary/aromatic N) is 4. The van der Waals surface area contributed by atoms with E-state index in [2.05, 4.69) is 56.4 Å². The van der Waals surface area contributed by atoms with Crippen LogP contribution < -0.4 is 10.6 Å². The first-order valence-corrected chi connectivity index (χ1v) is 11.3. The number of aromatic nitrogens is 3. The standard InChI is InChI=1S/C20H31ClN6S.HI/c1-15(2)14-27-18(25-26-20(27)28-4)6-5-12-23-19(22-3)24-13-11-16-7-9-17(21)10-8-16;/h7-10,15H,5-6,11-14H2,1-4H3,(H2,22,23,24);1H. The maximum atomic E-state index is 5.92. The van der Waals surface area contributed by atoms with Crippen LogP contribution in [0.25, 0.3) is 0 Å². The molecule has 0 bridgehead atoms. The highest BCUT2D eigenvalue weighted by atomic mass is 127. The fourth-order valence-electron chi connectivity index (χ4n) is 2.85. The van der Waals surface area contributed by atoms with Crippen LogP contribution in [0.1, 0.15) is 31.7 Å². The lowest BCUT2D eigenvalue weighted by Gasteiger charge is -2.13. The van der Waals surface area contributed by atoms with E-state index in [0.717, 1.165) is 60.9 Å². The molecule has 0 amide bonds. The second kappa shape index (κ2) is 14.1. The quantitative estimate of drug-likeness (QED) is 0.152. The molecule has 2 aromatic rings. The van der Waals surface area contributed by atoms with E-state index in [1.54, 1.807) is 18.8 Å². The molecule has 2 N–H and O–H groups in total. The lowest BCUT2D eigenvalue weighted by Crippen LogP contribution is -2.38. The zero-order valence-corrected chi connectivity index (χ0v) is 21.5. The smallest absolute Gasteiger partial charge is 0.190 e. The van der Waals surface area contributed by atoms with Gasteiger partial charge in [0.15, 0.2) is 11.1 Å². The van der Waals surface area contributed by atoms with Crippen molar-refractivity contribution in [3.63, 3.8) is 0 Å². The van der Waals surface area contributed by atoms with Gasteiger partial charge in [-0.25, -0.2) is 0 Å². The Kier molecular flexibility index (Phi) is 12.6. The lowest BCUT2D eigenvalue weighted by atomic mass is 10.1. The Morgan fingerprint density at radius 2 is 1.83 bits per heavy atom. The van der Waals surface area contributed by atoms with E-state index in [1.165, 1.54) is 5.56 Å². The van der Waals surface area contributed by atoms with Crippen LogP contribution in [-0.2, 0) is 19.4 Å². The molecular weight excluding hydrogens is 519 g/mol. The number of aryl methyl sites for hydroxylation is 1. The van der Waals surface area contributed by atoms with E-state index in [0.29, 0.717) is 5.92 Å². The van der Waals surface area contributed by atoms with Gasteiger partial charge in [0.1, 0.15) is 5.82 Å². The molecule has 29 heavy (non-hydrogen) atoms. The second-order valence-corrected chi connectivity index (χ2v) is 8.22. The van der Waals surface area contributed by atoms with Crippen molar-refractivity contribution in [1.29, 1.82) is 0 Å². The number of hydrogen-bond acceptors (Lipinski definition) is 4. The van der Waals surface area contributed by atoms with Gasteiger partial charge in [-0.05, 0) is 42.7 Å². The molecule has 1 heterocycles. The SMILES string of the molecule is CN=C(NCCCc1nnc(SC)n1CC(C)C)NCCc1ccc(Cl)cc1.I. The van der Waals surface area contributed by atoms with Crippen molar-refractivity contribution < 1.29 is 0 Å². The van der Waals surface area contributed by atoms with Crippen molar-refractivity contribution in [3.05, 3.63) is 40.7 Å². The molecule has 1 aromatic carbocycles. The number of hydrogen-bond donors (Lipinski definition) is 2. The summed E-state index contributed by atoms with van der Waals surface area (Å²) < 4.78 is 2.24. The summed E-state index contributed by atoms with van der Waals surface area (Å²) in [6.07, 6.45) is 4.84. The second-order valence-electron chi connectivity index (χ2n) is 7.01. The Morgan fingerprint density at radius 1 is 1.14 bits per heavy atom. The van der Waals surface area contributed by atoms with Gasteiger partial charge in [-0.15, -0.1) is 34.2 Å². The van der Waals surface area contributed by atoms with Crippen LogP contribution in [0, 0.1) is 5.92 Å². The van der Waals surface area contributed by atoms with Crippen molar-refractivity contribution >= 4 is 53.3 Å². The van der Waals surface area contributed by atoms with E-state index in [4.69, 9.17) is 11.6 Å². The molecule has 9 heteroatoms. The van der Waals surface area contributed by atoms with Crippen LogP contribution in [-0.4, -0.2) is 47.1 Å². The summed E-state index contributed by atoms with van der Waals surface area (Å²) in [5.74, 6) is 2.45. The predicted molar refractivity (Wildman–Crippen MR) is 135 cm³/mol. The number of aliphatic imine (C=N–C) groups is 1. The van der Waals surface area contributed by atoms with E-state index in [-0.39, 0.29) is 24.0 Å². The van der Waals surface area contributed by atoms with Crippen LogP contribution in [0.2, 0.25) is 5.02 Å². The third kappa shape index (κ3) is 9.13. The molecule has 0 radical (unpaired) electrons. The molecule has 0 atom stereocenters. The van der Waals surface area contributed by atoms with Gasteiger partial charge in [0.05, 0.1) is 0 Å². The van der Waals surface area contributed by atoms with Gasteiger partial charge < -0.3 is 15.2 Å². The molecule has 1 aromatic heterocycles. The molecule has 0 aliphatic rings. The first-order chi connectivity index (χ1) is 13.5. The van der Waals surface area contributed by atoms with Crippen molar-refractivity contribution in [1.82, 2.24) is 25.4 Å². The normalized spacial score (nSPS) is 11.4. The maximum Gasteiger partial charge on any atom is 0.190 e. The summed E-state index contributed by atoms with van der Waals surface area (Å²) in [5, 5.41) is 17.2. The number of guanidine groups is 1. The third-order valence-electron chi connectivity index (χ3n) is 4.24. The minimum absolute atomic E-state index is 0. The minimum atomic E-state index is 0. The summed E-state index contributed by atoms with van der Waals surface area (Å²) >= 11 is 7.57. The first-order valence-electron chi connectivity index (χ1n) is 9.68. The van der Waals surface area contributed by atoms with E-state index in [9.17, 15) is 0 Å². The molecule has 0 saturated heterocycles. The first kappa shape index (κ1) is 26.0. The monoisotopic (exact) mass is 550 g/mol. The molecule has 0 aliphatic heterocycles. The Bertz CT molecular complexity index is 748. The Balaban J connectivity index is 0.00000420. The molecule has 6 nitrogen and oxygen atoms in total. The van der Waals surface area contributed by atoms with Crippen LogP contribution in [0.15, 0.2) is 34.4 Å². The zero-order valence-electron chi connectivity index (χ0n) is 17.6. The molecular formula is C20H32ClIN6S. The summed E-state index contributed by atoms with van der Waals surface area (Å²) in [6, 6.07) is 7.95. The molecule has 0 aliphatic carbocycles. The highest BCUT2D eigenvalue weighted by Crippen LogP contribution is 2.16. The maximum absolute atomic E-state index is 5.92. The molecule has 0 fully saturated rings. The fourth-order valence-corrected chi connectivity index (χ4v) is 3.50. The highest BCUT2D eigenvalue weighted by Gasteiger charge is 2.12. The summed E-state index contributed by atoms with van der Waals surface area (Å²) in [6.45, 7) is 7.05. The van der Waals surface area contributed by atoms with Crippen molar-refractivity contribution in [2.24, 2.45) is 10.9 Å². The van der Waals surface area contributed by atoms with E-state index in [1.807, 2.05) is 18.4 Å². The largest absolute Gasteiger partial charge is 0.356 e. The lowest BCUT2D eigenvalue weighted by molar-refractivity contribution is 0.477. The van der Waals surface area contributed by atoms with Crippen molar-refractivity contribution in [3.8, 4) is 0 Å². The van der Waals surface area contributed by atoms with Gasteiger partial charge in [0.25, 0.3) is 0 Å². The van der Waals surface area contributed by atoms with Gasteiger partial charge in [0.2, 0.25) is 0 Å². The predicted octanol–water partition coefficient (Wildman–Crippen LogP) is 4.27. The summed E-state index contributed by atoms with van der Waals surface area (Å²) in [5.41, 5.74) is 1.25. The van der Waals surface area contributed by atoms with Crippen LogP contribution in [0.4, 0.5) is 0 Å². The van der Waals surface area contributed by atoms with E-state index < -0.39 is 0 Å². The molecule has 0 spiro atoms. The van der Waals surface area contributed by atoms with Crippen molar-refractivity contribution in [2.75, 3.05) is 26.4 Å². The molecule has 0 unspecified atom stereocenters. The van der Waals surface area contributed by atoms with Crippen LogP contribution in [0.3, 0.4) is 0 Å².